The number of carboxylic acid groups (broad SMARTS) is 1. The van der Waals surface area contributed by atoms with Crippen molar-refractivity contribution in [2.45, 2.75) is 6.61 Å². The topological polar surface area (TPSA) is 68.1 Å². The van der Waals surface area contributed by atoms with E-state index in [1.165, 1.54) is 17.0 Å². The summed E-state index contributed by atoms with van der Waals surface area (Å²) in [6.07, 6.45) is 1.49. The molecule has 5 nitrogen and oxygen atoms in total. The molecule has 0 atom stereocenters. The summed E-state index contributed by atoms with van der Waals surface area (Å²) in [4.78, 5) is 15.2. The Morgan fingerprint density at radius 1 is 0.839 bits per heavy atom. The van der Waals surface area contributed by atoms with Gasteiger partial charge in [-0.1, -0.05) is 71.9 Å². The van der Waals surface area contributed by atoms with E-state index in [1.54, 1.807) is 0 Å². The number of fused-ring (bicyclic) bond motifs is 1. The number of aliphatic carboxylic acids is 1. The van der Waals surface area contributed by atoms with Gasteiger partial charge in [0.25, 0.3) is 0 Å². The maximum Gasteiger partial charge on any atom is 0.344 e. The lowest BCUT2D eigenvalue weighted by Gasteiger charge is -2.10. The van der Waals surface area contributed by atoms with Crippen LogP contribution in [0.1, 0.15) is 11.1 Å². The molecular weight excluding hydrogens is 390 g/mol. The average Bonchev–Trinajstić information content (AvgIpc) is 2.81. The van der Waals surface area contributed by atoms with E-state index >= 15 is 0 Å². The minimum Gasteiger partial charge on any atom is -0.489 e. The Kier molecular flexibility index (Phi) is 6.24. The van der Waals surface area contributed by atoms with Gasteiger partial charge in [0.1, 0.15) is 12.4 Å². The molecule has 0 spiro atoms. The molecular formula is C26H21NO4. The predicted molar refractivity (Wildman–Crippen MR) is 121 cm³/mol. The fraction of sp³-hybridized carbons (Fsp3) is 0.0769. The first kappa shape index (κ1) is 20.2. The molecule has 0 radical (unpaired) electrons. The zero-order chi connectivity index (χ0) is 21.5. The normalized spacial score (nSPS) is 11.0. The van der Waals surface area contributed by atoms with E-state index in [9.17, 15) is 4.79 Å². The summed E-state index contributed by atoms with van der Waals surface area (Å²) in [6, 6.07) is 30.3. The van der Waals surface area contributed by atoms with Gasteiger partial charge in [-0.05, 0) is 57.3 Å². The number of benzene rings is 4. The second-order valence-electron chi connectivity index (χ2n) is 7.03. The van der Waals surface area contributed by atoms with Gasteiger partial charge in [-0.2, -0.15) is 0 Å². The van der Waals surface area contributed by atoms with Crippen LogP contribution in [-0.4, -0.2) is 23.9 Å². The molecule has 154 valence electrons. The zero-order valence-corrected chi connectivity index (χ0v) is 16.8. The van der Waals surface area contributed by atoms with Crippen molar-refractivity contribution in [1.29, 1.82) is 0 Å². The van der Waals surface area contributed by atoms with E-state index in [0.717, 1.165) is 28.0 Å². The standard InChI is InChI=1S/C26H21NO4/c28-26(29)18-31-27-16-19-5-3-8-23(13-19)24-9-4-10-25(15-24)30-17-20-11-12-21-6-1-2-7-22(21)14-20/h1-16H,17-18H2,(H,28,29)/b27-16+. The number of oxime groups is 1. The highest BCUT2D eigenvalue weighted by atomic mass is 16.6. The third kappa shape index (κ3) is 5.48. The molecule has 0 aliphatic carbocycles. The monoisotopic (exact) mass is 411 g/mol. The Morgan fingerprint density at radius 2 is 1.61 bits per heavy atom. The molecule has 0 fully saturated rings. The number of carboxylic acids is 1. The Balaban J connectivity index is 1.45. The molecule has 0 aliphatic heterocycles. The number of hydrogen-bond acceptors (Lipinski definition) is 4. The highest BCUT2D eigenvalue weighted by molar-refractivity contribution is 5.83. The maximum absolute atomic E-state index is 10.5. The molecule has 5 heteroatoms. The molecule has 0 heterocycles. The van der Waals surface area contributed by atoms with E-state index in [2.05, 4.69) is 35.5 Å². The molecule has 4 aromatic carbocycles. The van der Waals surface area contributed by atoms with Crippen molar-refractivity contribution in [3.05, 3.63) is 102 Å². The van der Waals surface area contributed by atoms with Crippen molar-refractivity contribution >= 4 is 23.0 Å². The van der Waals surface area contributed by atoms with Gasteiger partial charge in [-0.3, -0.25) is 0 Å². The number of hydrogen-bond donors (Lipinski definition) is 1. The number of rotatable bonds is 8. The van der Waals surface area contributed by atoms with E-state index in [1.807, 2.05) is 60.7 Å². The van der Waals surface area contributed by atoms with Crippen LogP contribution in [0.5, 0.6) is 5.75 Å². The van der Waals surface area contributed by atoms with Crippen LogP contribution in [0, 0.1) is 0 Å². The molecule has 31 heavy (non-hydrogen) atoms. The van der Waals surface area contributed by atoms with Crippen LogP contribution in [0.2, 0.25) is 0 Å². The molecule has 0 saturated heterocycles. The Labute approximate surface area is 180 Å². The van der Waals surface area contributed by atoms with Crippen molar-refractivity contribution in [3.63, 3.8) is 0 Å². The van der Waals surface area contributed by atoms with Crippen LogP contribution in [0.3, 0.4) is 0 Å². The zero-order valence-electron chi connectivity index (χ0n) is 16.8. The highest BCUT2D eigenvalue weighted by Gasteiger charge is 2.03. The Bertz CT molecular complexity index is 1230. The van der Waals surface area contributed by atoms with Gasteiger partial charge in [0, 0.05) is 0 Å². The van der Waals surface area contributed by atoms with Crippen molar-refractivity contribution in [2.75, 3.05) is 6.61 Å². The molecule has 0 saturated carbocycles. The van der Waals surface area contributed by atoms with Gasteiger partial charge in [-0.25, -0.2) is 4.79 Å². The summed E-state index contributed by atoms with van der Waals surface area (Å²) < 4.78 is 6.03. The highest BCUT2D eigenvalue weighted by Crippen LogP contribution is 2.25. The largest absolute Gasteiger partial charge is 0.489 e. The van der Waals surface area contributed by atoms with Crippen molar-refractivity contribution in [3.8, 4) is 16.9 Å². The van der Waals surface area contributed by atoms with Crippen LogP contribution in [-0.2, 0) is 16.2 Å². The summed E-state index contributed by atoms with van der Waals surface area (Å²) in [5, 5.41) is 14.7. The first-order valence-corrected chi connectivity index (χ1v) is 9.85. The molecule has 0 amide bonds. The lowest BCUT2D eigenvalue weighted by atomic mass is 10.0. The summed E-state index contributed by atoms with van der Waals surface area (Å²) in [5.41, 5.74) is 3.94. The second-order valence-corrected chi connectivity index (χ2v) is 7.03. The van der Waals surface area contributed by atoms with Crippen molar-refractivity contribution in [2.24, 2.45) is 5.16 Å². The average molecular weight is 411 g/mol. The lowest BCUT2D eigenvalue weighted by Crippen LogP contribution is -2.03. The fourth-order valence-corrected chi connectivity index (χ4v) is 3.25. The van der Waals surface area contributed by atoms with Gasteiger partial charge in [0.15, 0.2) is 0 Å². The number of carbonyl (C=O) groups is 1. The van der Waals surface area contributed by atoms with Crippen LogP contribution >= 0.6 is 0 Å². The summed E-state index contributed by atoms with van der Waals surface area (Å²) in [6.45, 7) is 0.0225. The summed E-state index contributed by atoms with van der Waals surface area (Å²) in [7, 11) is 0. The molecule has 4 aromatic rings. The smallest absolute Gasteiger partial charge is 0.344 e. The first-order valence-electron chi connectivity index (χ1n) is 9.85. The van der Waals surface area contributed by atoms with Gasteiger partial charge in [0.2, 0.25) is 6.61 Å². The van der Waals surface area contributed by atoms with Crippen LogP contribution in [0.25, 0.3) is 21.9 Å². The van der Waals surface area contributed by atoms with E-state index < -0.39 is 12.6 Å². The maximum atomic E-state index is 10.5. The summed E-state index contributed by atoms with van der Waals surface area (Å²) in [5.74, 6) is -0.277. The Morgan fingerprint density at radius 3 is 2.45 bits per heavy atom. The van der Waals surface area contributed by atoms with Gasteiger partial charge in [0.05, 0.1) is 6.21 Å². The van der Waals surface area contributed by atoms with E-state index in [0.29, 0.717) is 6.61 Å². The van der Waals surface area contributed by atoms with Gasteiger partial charge in [-0.15, -0.1) is 0 Å². The van der Waals surface area contributed by atoms with Crippen molar-refractivity contribution in [1.82, 2.24) is 0 Å². The fourth-order valence-electron chi connectivity index (χ4n) is 3.25. The molecule has 0 bridgehead atoms. The molecule has 0 unspecified atom stereocenters. The van der Waals surface area contributed by atoms with Crippen LogP contribution in [0.4, 0.5) is 0 Å². The van der Waals surface area contributed by atoms with Crippen LogP contribution < -0.4 is 4.74 Å². The van der Waals surface area contributed by atoms with Gasteiger partial charge < -0.3 is 14.7 Å². The van der Waals surface area contributed by atoms with Crippen LogP contribution in [0.15, 0.2) is 96.2 Å². The quantitative estimate of drug-likeness (QED) is 0.306. The molecule has 1 N–H and O–H groups in total. The van der Waals surface area contributed by atoms with Gasteiger partial charge >= 0.3 is 5.97 Å². The lowest BCUT2D eigenvalue weighted by molar-refractivity contribution is -0.142. The molecule has 0 aromatic heterocycles. The third-order valence-corrected chi connectivity index (χ3v) is 4.74. The SMILES string of the molecule is O=C(O)CO/N=C/c1cccc(-c2cccc(OCc3ccc4ccccc4c3)c2)c1. The molecule has 4 rings (SSSR count). The third-order valence-electron chi connectivity index (χ3n) is 4.74. The van der Waals surface area contributed by atoms with E-state index in [-0.39, 0.29) is 0 Å². The first-order chi connectivity index (χ1) is 15.2. The summed E-state index contributed by atoms with van der Waals surface area (Å²) >= 11 is 0. The van der Waals surface area contributed by atoms with E-state index in [4.69, 9.17) is 14.7 Å². The minimum absolute atomic E-state index is 0.465. The number of nitrogens with zero attached hydrogens (tertiary/aromatic N) is 1. The number of ether oxygens (including phenoxy) is 1. The predicted octanol–water partition coefficient (Wildman–Crippen LogP) is 5.52. The second kappa shape index (κ2) is 9.59. The van der Waals surface area contributed by atoms with Crippen molar-refractivity contribution < 1.29 is 19.5 Å². The Hall–Kier alpha value is -4.12. The molecule has 0 aliphatic rings. The minimum atomic E-state index is -1.06.